The van der Waals surface area contributed by atoms with E-state index in [1.165, 1.54) is 11.1 Å². The zero-order valence-electron chi connectivity index (χ0n) is 9.04. The van der Waals surface area contributed by atoms with Crippen LogP contribution in [0.1, 0.15) is 17.0 Å². The number of nitrogens with zero attached hydrogens (tertiary/aromatic N) is 1. The SMILES string of the molecule is Cc1cc(C)cc(NCc2ncc[nH]2)c1. The van der Waals surface area contributed by atoms with E-state index in [0.29, 0.717) is 0 Å². The average Bonchev–Trinajstić information content (AvgIpc) is 2.65. The summed E-state index contributed by atoms with van der Waals surface area (Å²) >= 11 is 0. The van der Waals surface area contributed by atoms with E-state index in [0.717, 1.165) is 18.1 Å². The lowest BCUT2D eigenvalue weighted by molar-refractivity contribution is 0.999. The van der Waals surface area contributed by atoms with E-state index in [1.807, 2.05) is 6.20 Å². The Labute approximate surface area is 89.6 Å². The predicted molar refractivity (Wildman–Crippen MR) is 61.8 cm³/mol. The van der Waals surface area contributed by atoms with Crippen LogP contribution in [0.3, 0.4) is 0 Å². The van der Waals surface area contributed by atoms with Crippen LogP contribution in [0.5, 0.6) is 0 Å². The molecule has 3 heteroatoms. The summed E-state index contributed by atoms with van der Waals surface area (Å²) in [5.41, 5.74) is 3.69. The second-order valence-corrected chi connectivity index (χ2v) is 3.77. The summed E-state index contributed by atoms with van der Waals surface area (Å²) < 4.78 is 0. The Balaban J connectivity index is 2.05. The summed E-state index contributed by atoms with van der Waals surface area (Å²) in [6.45, 7) is 4.94. The van der Waals surface area contributed by atoms with E-state index in [1.54, 1.807) is 6.20 Å². The van der Waals surface area contributed by atoms with Crippen LogP contribution in [0.25, 0.3) is 0 Å². The summed E-state index contributed by atoms with van der Waals surface area (Å²) in [5, 5.41) is 3.33. The van der Waals surface area contributed by atoms with E-state index in [9.17, 15) is 0 Å². The fourth-order valence-corrected chi connectivity index (χ4v) is 1.66. The third-order valence-electron chi connectivity index (χ3n) is 2.24. The van der Waals surface area contributed by atoms with E-state index < -0.39 is 0 Å². The van der Waals surface area contributed by atoms with Crippen molar-refractivity contribution in [1.82, 2.24) is 9.97 Å². The van der Waals surface area contributed by atoms with Crippen LogP contribution in [-0.2, 0) is 6.54 Å². The highest BCUT2D eigenvalue weighted by atomic mass is 15.0. The van der Waals surface area contributed by atoms with Crippen molar-refractivity contribution in [1.29, 1.82) is 0 Å². The molecule has 0 amide bonds. The predicted octanol–water partition coefficient (Wildman–Crippen LogP) is 2.64. The number of hydrogen-bond donors (Lipinski definition) is 2. The van der Waals surface area contributed by atoms with Crippen molar-refractivity contribution < 1.29 is 0 Å². The molecule has 0 aliphatic carbocycles. The first-order chi connectivity index (χ1) is 7.24. The topological polar surface area (TPSA) is 40.7 Å². The van der Waals surface area contributed by atoms with Gasteiger partial charge in [0.05, 0.1) is 6.54 Å². The molecule has 0 spiro atoms. The van der Waals surface area contributed by atoms with Gasteiger partial charge >= 0.3 is 0 Å². The van der Waals surface area contributed by atoms with Gasteiger partial charge in [0.1, 0.15) is 5.82 Å². The third kappa shape index (κ3) is 2.59. The Bertz CT molecular complexity index is 412. The largest absolute Gasteiger partial charge is 0.378 e. The highest BCUT2D eigenvalue weighted by Crippen LogP contribution is 2.14. The number of hydrogen-bond acceptors (Lipinski definition) is 2. The summed E-state index contributed by atoms with van der Waals surface area (Å²) in [7, 11) is 0. The molecule has 2 aromatic rings. The number of imidazole rings is 1. The van der Waals surface area contributed by atoms with Gasteiger partial charge in [0.25, 0.3) is 0 Å². The molecule has 3 nitrogen and oxygen atoms in total. The van der Waals surface area contributed by atoms with Crippen molar-refractivity contribution in [3.05, 3.63) is 47.5 Å². The fourth-order valence-electron chi connectivity index (χ4n) is 1.66. The molecule has 2 N–H and O–H groups in total. The van der Waals surface area contributed by atoms with Crippen LogP contribution < -0.4 is 5.32 Å². The van der Waals surface area contributed by atoms with Crippen LogP contribution in [0.2, 0.25) is 0 Å². The van der Waals surface area contributed by atoms with Crippen LogP contribution >= 0.6 is 0 Å². The summed E-state index contributed by atoms with van der Waals surface area (Å²) in [4.78, 5) is 7.22. The van der Waals surface area contributed by atoms with Gasteiger partial charge in [-0.1, -0.05) is 6.07 Å². The van der Waals surface area contributed by atoms with E-state index in [2.05, 4.69) is 47.3 Å². The minimum atomic E-state index is 0.732. The van der Waals surface area contributed by atoms with Crippen LogP contribution in [0.4, 0.5) is 5.69 Å². The molecule has 0 unspecified atom stereocenters. The number of nitrogens with one attached hydrogen (secondary N) is 2. The Morgan fingerprint density at radius 2 is 1.93 bits per heavy atom. The molecule has 0 fully saturated rings. The maximum Gasteiger partial charge on any atom is 0.125 e. The van der Waals surface area contributed by atoms with Gasteiger partial charge in [0, 0.05) is 18.1 Å². The number of aromatic amines is 1. The maximum absolute atomic E-state index is 4.16. The van der Waals surface area contributed by atoms with Crippen molar-refractivity contribution in [3.63, 3.8) is 0 Å². The molecule has 0 atom stereocenters. The smallest absolute Gasteiger partial charge is 0.125 e. The van der Waals surface area contributed by atoms with E-state index in [4.69, 9.17) is 0 Å². The first-order valence-electron chi connectivity index (χ1n) is 5.04. The van der Waals surface area contributed by atoms with Crippen molar-refractivity contribution in [2.75, 3.05) is 5.32 Å². The van der Waals surface area contributed by atoms with Crippen molar-refractivity contribution >= 4 is 5.69 Å². The molecule has 0 aliphatic rings. The number of H-pyrrole nitrogens is 1. The van der Waals surface area contributed by atoms with Crippen LogP contribution in [0, 0.1) is 13.8 Å². The molecular formula is C12H15N3. The van der Waals surface area contributed by atoms with Crippen LogP contribution in [-0.4, -0.2) is 9.97 Å². The molecule has 78 valence electrons. The zero-order valence-corrected chi connectivity index (χ0v) is 9.04. The summed E-state index contributed by atoms with van der Waals surface area (Å²) in [6.07, 6.45) is 3.59. The fraction of sp³-hybridized carbons (Fsp3) is 0.250. The molecule has 0 aliphatic heterocycles. The molecule has 1 heterocycles. The van der Waals surface area contributed by atoms with Gasteiger partial charge in [0.15, 0.2) is 0 Å². The minimum absolute atomic E-state index is 0.732. The highest BCUT2D eigenvalue weighted by molar-refractivity contribution is 5.48. The quantitative estimate of drug-likeness (QED) is 0.801. The molecule has 0 saturated heterocycles. The minimum Gasteiger partial charge on any atom is -0.378 e. The summed E-state index contributed by atoms with van der Waals surface area (Å²) in [5.74, 6) is 0.953. The maximum atomic E-state index is 4.16. The number of benzene rings is 1. The first kappa shape index (κ1) is 9.77. The monoisotopic (exact) mass is 201 g/mol. The Kier molecular flexibility index (Phi) is 2.72. The van der Waals surface area contributed by atoms with Gasteiger partial charge < -0.3 is 10.3 Å². The van der Waals surface area contributed by atoms with Gasteiger partial charge in [-0.25, -0.2) is 4.98 Å². The lowest BCUT2D eigenvalue weighted by Gasteiger charge is -2.06. The molecule has 0 radical (unpaired) electrons. The lowest BCUT2D eigenvalue weighted by Crippen LogP contribution is -2.01. The van der Waals surface area contributed by atoms with Crippen LogP contribution in [0.15, 0.2) is 30.6 Å². The number of rotatable bonds is 3. The highest BCUT2D eigenvalue weighted by Gasteiger charge is 1.97. The Morgan fingerprint density at radius 3 is 2.53 bits per heavy atom. The molecule has 0 saturated carbocycles. The second kappa shape index (κ2) is 4.17. The molecule has 1 aromatic heterocycles. The standard InChI is InChI=1S/C12H15N3/c1-9-5-10(2)7-11(6-9)15-8-12-13-3-4-14-12/h3-7,15H,8H2,1-2H3,(H,13,14). The number of anilines is 1. The zero-order chi connectivity index (χ0) is 10.7. The Morgan fingerprint density at radius 1 is 1.20 bits per heavy atom. The molecule has 15 heavy (non-hydrogen) atoms. The summed E-state index contributed by atoms with van der Waals surface area (Å²) in [6, 6.07) is 6.43. The number of aryl methyl sites for hydroxylation is 2. The van der Waals surface area contributed by atoms with E-state index >= 15 is 0 Å². The van der Waals surface area contributed by atoms with Crippen molar-refractivity contribution in [2.45, 2.75) is 20.4 Å². The van der Waals surface area contributed by atoms with E-state index in [-0.39, 0.29) is 0 Å². The molecule has 1 aromatic carbocycles. The average molecular weight is 201 g/mol. The molecular weight excluding hydrogens is 186 g/mol. The van der Waals surface area contributed by atoms with Gasteiger partial charge in [-0.3, -0.25) is 0 Å². The van der Waals surface area contributed by atoms with Gasteiger partial charge in [0.2, 0.25) is 0 Å². The third-order valence-corrected chi connectivity index (χ3v) is 2.24. The normalized spacial score (nSPS) is 10.3. The van der Waals surface area contributed by atoms with Crippen molar-refractivity contribution in [3.8, 4) is 0 Å². The van der Waals surface area contributed by atoms with Gasteiger partial charge in [-0.2, -0.15) is 0 Å². The Hall–Kier alpha value is -1.77. The lowest BCUT2D eigenvalue weighted by atomic mass is 10.1. The van der Waals surface area contributed by atoms with Gasteiger partial charge in [-0.15, -0.1) is 0 Å². The number of aromatic nitrogens is 2. The van der Waals surface area contributed by atoms with Gasteiger partial charge in [-0.05, 0) is 37.1 Å². The van der Waals surface area contributed by atoms with Crippen molar-refractivity contribution in [2.24, 2.45) is 0 Å². The second-order valence-electron chi connectivity index (χ2n) is 3.77. The molecule has 2 rings (SSSR count). The first-order valence-corrected chi connectivity index (χ1v) is 5.04. The molecule has 0 bridgehead atoms.